The van der Waals surface area contributed by atoms with Crippen LogP contribution in [0.5, 0.6) is 5.75 Å². The van der Waals surface area contributed by atoms with Gasteiger partial charge in [0.2, 0.25) is 0 Å². The van der Waals surface area contributed by atoms with E-state index in [1.165, 1.54) is 12.0 Å². The Morgan fingerprint density at radius 1 is 1.06 bits per heavy atom. The van der Waals surface area contributed by atoms with Gasteiger partial charge in [0.15, 0.2) is 0 Å². The predicted molar refractivity (Wildman–Crippen MR) is 141 cm³/mol. The zero-order chi connectivity index (χ0) is 24.1. The van der Waals surface area contributed by atoms with E-state index in [4.69, 9.17) is 27.9 Å². The lowest BCUT2D eigenvalue weighted by Gasteiger charge is -2.36. The summed E-state index contributed by atoms with van der Waals surface area (Å²) < 4.78 is 5.66. The summed E-state index contributed by atoms with van der Waals surface area (Å²) in [5.74, 6) is 1.35. The fourth-order valence-corrected chi connectivity index (χ4v) is 5.42. The zero-order valence-electron chi connectivity index (χ0n) is 20.0. The van der Waals surface area contributed by atoms with Crippen LogP contribution in [0.15, 0.2) is 36.4 Å². The Bertz CT molecular complexity index is 987. The van der Waals surface area contributed by atoms with Crippen molar-refractivity contribution >= 4 is 40.6 Å². The van der Waals surface area contributed by atoms with E-state index in [1.807, 2.05) is 29.2 Å². The number of piperidine rings is 1. The molecule has 2 aliphatic heterocycles. The van der Waals surface area contributed by atoms with Gasteiger partial charge < -0.3 is 24.8 Å². The largest absolute Gasteiger partial charge is 0.496 e. The summed E-state index contributed by atoms with van der Waals surface area (Å²) >= 11 is 12.6. The summed E-state index contributed by atoms with van der Waals surface area (Å²) in [5.41, 5.74) is 2.92. The third-order valence-electron chi connectivity index (χ3n) is 6.89. The third kappa shape index (κ3) is 5.73. The van der Waals surface area contributed by atoms with Crippen LogP contribution in [0.2, 0.25) is 10.0 Å². The van der Waals surface area contributed by atoms with Crippen molar-refractivity contribution in [1.82, 2.24) is 9.80 Å². The molecule has 2 aromatic rings. The van der Waals surface area contributed by atoms with Gasteiger partial charge in [-0.1, -0.05) is 36.2 Å². The van der Waals surface area contributed by atoms with Gasteiger partial charge in [0.1, 0.15) is 5.75 Å². The van der Waals surface area contributed by atoms with Crippen LogP contribution in [0.4, 0.5) is 16.2 Å². The van der Waals surface area contributed by atoms with Crippen LogP contribution < -0.4 is 15.0 Å². The highest BCUT2D eigenvalue weighted by molar-refractivity contribution is 6.43. The molecule has 0 atom stereocenters. The first-order valence-electron chi connectivity index (χ1n) is 12.1. The zero-order valence-corrected chi connectivity index (χ0v) is 21.5. The average molecular weight is 505 g/mol. The topological polar surface area (TPSA) is 48.1 Å². The van der Waals surface area contributed by atoms with Crippen LogP contribution in [-0.2, 0) is 0 Å². The molecule has 6 nitrogen and oxygen atoms in total. The Morgan fingerprint density at radius 3 is 2.47 bits per heavy atom. The van der Waals surface area contributed by atoms with Crippen LogP contribution in [0, 0.1) is 0 Å². The number of anilines is 2. The van der Waals surface area contributed by atoms with Gasteiger partial charge in [-0.2, -0.15) is 0 Å². The molecular formula is C26H34Cl2N4O2. The summed E-state index contributed by atoms with van der Waals surface area (Å²) in [6.07, 6.45) is 3.42. The minimum atomic E-state index is -0.0780. The molecule has 0 spiro atoms. The number of piperazine rings is 1. The number of carbonyl (C=O) groups excluding carboxylic acids is 1. The van der Waals surface area contributed by atoms with E-state index in [-0.39, 0.29) is 6.03 Å². The number of nitrogens with one attached hydrogen (secondary N) is 1. The number of rotatable bonds is 6. The summed E-state index contributed by atoms with van der Waals surface area (Å²) in [4.78, 5) is 19.6. The molecule has 0 aromatic heterocycles. The lowest BCUT2D eigenvalue weighted by Crippen LogP contribution is -2.50. The molecule has 0 radical (unpaired) electrons. The first kappa shape index (κ1) is 25.0. The van der Waals surface area contributed by atoms with Gasteiger partial charge in [-0.3, -0.25) is 0 Å². The molecule has 34 heavy (non-hydrogen) atoms. The van der Waals surface area contributed by atoms with E-state index in [0.29, 0.717) is 42.1 Å². The molecule has 2 amide bonds. The Morgan fingerprint density at radius 2 is 1.79 bits per heavy atom. The molecule has 1 N–H and O–H groups in total. The van der Waals surface area contributed by atoms with Crippen LogP contribution in [0.3, 0.4) is 0 Å². The number of carbonyl (C=O) groups is 1. The number of benzene rings is 2. The highest BCUT2D eigenvalue weighted by Crippen LogP contribution is 2.36. The van der Waals surface area contributed by atoms with Crippen molar-refractivity contribution in [2.75, 3.05) is 63.1 Å². The number of amides is 2. The molecule has 0 aliphatic carbocycles. The highest BCUT2D eigenvalue weighted by Gasteiger charge is 2.25. The number of halogens is 2. The van der Waals surface area contributed by atoms with E-state index < -0.39 is 0 Å². The molecule has 0 saturated carbocycles. The van der Waals surface area contributed by atoms with Crippen LogP contribution in [0.25, 0.3) is 0 Å². The number of ether oxygens (including phenoxy) is 1. The van der Waals surface area contributed by atoms with Crippen LogP contribution in [-0.4, -0.2) is 68.8 Å². The molecule has 8 heteroatoms. The molecule has 2 aliphatic rings. The van der Waals surface area contributed by atoms with E-state index in [1.54, 1.807) is 13.2 Å². The number of hydrogen-bond acceptors (Lipinski definition) is 4. The van der Waals surface area contributed by atoms with E-state index in [9.17, 15) is 4.79 Å². The van der Waals surface area contributed by atoms with Gasteiger partial charge in [0.25, 0.3) is 0 Å². The highest BCUT2D eigenvalue weighted by atomic mass is 35.5. The summed E-state index contributed by atoms with van der Waals surface area (Å²) in [6.45, 7) is 8.26. The van der Waals surface area contributed by atoms with Gasteiger partial charge in [-0.25, -0.2) is 4.79 Å². The molecule has 2 aromatic carbocycles. The van der Waals surface area contributed by atoms with Crippen LogP contribution in [0.1, 0.15) is 37.7 Å². The Hall–Kier alpha value is -2.15. The molecular weight excluding hydrogens is 471 g/mol. The summed E-state index contributed by atoms with van der Waals surface area (Å²) in [6, 6.07) is 11.6. The number of urea groups is 1. The molecule has 2 saturated heterocycles. The number of likely N-dealkylation sites (tertiary alicyclic amines) is 1. The second-order valence-corrected chi connectivity index (χ2v) is 9.84. The molecule has 2 heterocycles. The smallest absolute Gasteiger partial charge is 0.321 e. The molecule has 2 fully saturated rings. The third-order valence-corrected chi connectivity index (χ3v) is 7.70. The van der Waals surface area contributed by atoms with Crippen molar-refractivity contribution in [2.45, 2.75) is 32.1 Å². The molecule has 184 valence electrons. The normalized spacial score (nSPS) is 17.6. The Kier molecular flexibility index (Phi) is 8.46. The number of methoxy groups -OCH3 is 1. The van der Waals surface area contributed by atoms with Crippen molar-refractivity contribution in [1.29, 1.82) is 0 Å². The predicted octanol–water partition coefficient (Wildman–Crippen LogP) is 5.95. The van der Waals surface area contributed by atoms with E-state index in [2.05, 4.69) is 28.1 Å². The first-order valence-corrected chi connectivity index (χ1v) is 12.9. The van der Waals surface area contributed by atoms with Gasteiger partial charge >= 0.3 is 6.03 Å². The van der Waals surface area contributed by atoms with Crippen molar-refractivity contribution in [2.24, 2.45) is 0 Å². The maximum Gasteiger partial charge on any atom is 0.321 e. The Balaban J connectivity index is 1.37. The van der Waals surface area contributed by atoms with E-state index in [0.717, 1.165) is 49.6 Å². The average Bonchev–Trinajstić information content (AvgIpc) is 2.86. The molecule has 0 bridgehead atoms. The van der Waals surface area contributed by atoms with Gasteiger partial charge in [0, 0.05) is 31.9 Å². The van der Waals surface area contributed by atoms with Crippen molar-refractivity contribution < 1.29 is 9.53 Å². The summed E-state index contributed by atoms with van der Waals surface area (Å²) in [5, 5.41) is 4.21. The monoisotopic (exact) mass is 504 g/mol. The van der Waals surface area contributed by atoms with Crippen molar-refractivity contribution in [3.63, 3.8) is 0 Å². The summed E-state index contributed by atoms with van der Waals surface area (Å²) in [7, 11) is 1.72. The minimum absolute atomic E-state index is 0.0780. The van der Waals surface area contributed by atoms with Crippen molar-refractivity contribution in [3.05, 3.63) is 52.0 Å². The van der Waals surface area contributed by atoms with Crippen molar-refractivity contribution in [3.8, 4) is 5.75 Å². The second kappa shape index (κ2) is 11.5. The fourth-order valence-electron chi connectivity index (χ4n) is 5.00. The number of nitrogens with zero attached hydrogens (tertiary/aromatic N) is 3. The maximum absolute atomic E-state index is 13.0. The fraction of sp³-hybridized carbons (Fsp3) is 0.500. The SMILES string of the molecule is CCCN1CCC(c2cc(NC(=O)N3CCN(c4cccc(Cl)c4Cl)CC3)ccc2OC)CC1. The minimum Gasteiger partial charge on any atom is -0.496 e. The molecule has 4 rings (SSSR count). The molecule has 0 unspecified atom stereocenters. The Labute approximate surface area is 212 Å². The first-order chi connectivity index (χ1) is 16.5. The number of hydrogen-bond donors (Lipinski definition) is 1. The standard InChI is InChI=1S/C26H34Cl2N4O2/c1-3-11-30-12-9-19(10-13-30)21-18-20(7-8-24(21)34-2)29-26(33)32-16-14-31(15-17-32)23-6-4-5-22(27)25(23)28/h4-8,18-19H,3,9-17H2,1-2H3,(H,29,33). The maximum atomic E-state index is 13.0. The van der Waals surface area contributed by atoms with Crippen LogP contribution >= 0.6 is 23.2 Å². The lowest BCUT2D eigenvalue weighted by molar-refractivity contribution is 0.208. The van der Waals surface area contributed by atoms with Gasteiger partial charge in [0.05, 0.1) is 22.8 Å². The quantitative estimate of drug-likeness (QED) is 0.528. The van der Waals surface area contributed by atoms with E-state index >= 15 is 0 Å². The van der Waals surface area contributed by atoms with Gasteiger partial charge in [-0.05, 0) is 80.7 Å². The van der Waals surface area contributed by atoms with Gasteiger partial charge in [-0.15, -0.1) is 0 Å². The second-order valence-electron chi connectivity index (χ2n) is 9.05. The lowest BCUT2D eigenvalue weighted by atomic mass is 9.88.